The van der Waals surface area contributed by atoms with E-state index in [1.165, 1.54) is 42.5 Å². The topological polar surface area (TPSA) is 124 Å². The Hall–Kier alpha value is -3.20. The van der Waals surface area contributed by atoms with Gasteiger partial charge in [0.1, 0.15) is 5.52 Å². The van der Waals surface area contributed by atoms with Crippen LogP contribution in [0.25, 0.3) is 23.3 Å². The second-order valence-corrected chi connectivity index (χ2v) is 7.70. The van der Waals surface area contributed by atoms with E-state index in [2.05, 4.69) is 4.98 Å². The average molecular weight is 374 g/mol. The van der Waals surface area contributed by atoms with Crippen LogP contribution in [0.1, 0.15) is 18.4 Å². The van der Waals surface area contributed by atoms with Gasteiger partial charge >= 0.3 is 5.69 Å². The van der Waals surface area contributed by atoms with Crippen LogP contribution in [-0.2, 0) is 9.84 Å². The number of nitrogens with zero attached hydrogens (tertiary/aromatic N) is 2. The smallest absolute Gasteiger partial charge is 0.311 e. The highest BCUT2D eigenvalue weighted by molar-refractivity contribution is 7.91. The largest absolute Gasteiger partial charge is 0.502 e. The fraction of sp³-hybridized carbons (Fsp3) is 0.118. The number of phenolic OH excluding ortho intramolecular Hbond substituents is 1. The lowest BCUT2D eigenvalue weighted by molar-refractivity contribution is -0.385. The Bertz CT molecular complexity index is 1130. The van der Waals surface area contributed by atoms with E-state index in [1.807, 2.05) is 0 Å². The Morgan fingerprint density at radius 2 is 2.00 bits per heavy atom. The first-order valence-corrected chi connectivity index (χ1v) is 9.24. The van der Waals surface area contributed by atoms with Gasteiger partial charge in [-0.25, -0.2) is 13.4 Å². The van der Waals surface area contributed by atoms with E-state index in [0.717, 1.165) is 0 Å². The van der Waals surface area contributed by atoms with Gasteiger partial charge in [-0.1, -0.05) is 13.0 Å². The van der Waals surface area contributed by atoms with Crippen LogP contribution >= 0.6 is 0 Å². The molecule has 134 valence electrons. The van der Waals surface area contributed by atoms with Gasteiger partial charge in [-0.3, -0.25) is 10.1 Å². The summed E-state index contributed by atoms with van der Waals surface area (Å²) in [6.45, 7) is 1.56. The standard InChI is InChI=1S/C17H14N2O6S/c1-2-26(23,24)12-5-7-16-13(10-12)18-17(25-16)8-4-11-3-6-15(20)14(9-11)19(21)22/h3-10,20H,2H2,1H3/b8-4+. The molecule has 0 bridgehead atoms. The fourth-order valence-corrected chi connectivity index (χ4v) is 3.21. The van der Waals surface area contributed by atoms with E-state index in [-0.39, 0.29) is 16.5 Å². The Morgan fingerprint density at radius 1 is 1.23 bits per heavy atom. The number of hydrogen-bond acceptors (Lipinski definition) is 7. The minimum Gasteiger partial charge on any atom is -0.502 e. The summed E-state index contributed by atoms with van der Waals surface area (Å²) in [5.41, 5.74) is 0.900. The fourth-order valence-electron chi connectivity index (χ4n) is 2.31. The molecule has 0 spiro atoms. The summed E-state index contributed by atoms with van der Waals surface area (Å²) in [4.78, 5) is 14.5. The summed E-state index contributed by atoms with van der Waals surface area (Å²) in [6, 6.07) is 8.40. The number of nitro groups is 1. The molecule has 9 heteroatoms. The van der Waals surface area contributed by atoms with E-state index in [1.54, 1.807) is 13.0 Å². The molecule has 8 nitrogen and oxygen atoms in total. The van der Waals surface area contributed by atoms with Crippen LogP contribution in [0.5, 0.6) is 5.75 Å². The number of hydrogen-bond donors (Lipinski definition) is 1. The maximum Gasteiger partial charge on any atom is 0.311 e. The van der Waals surface area contributed by atoms with Crippen LogP contribution in [0.15, 0.2) is 45.7 Å². The number of aromatic hydroxyl groups is 1. The van der Waals surface area contributed by atoms with Crippen molar-refractivity contribution in [1.82, 2.24) is 4.98 Å². The first kappa shape index (κ1) is 17.6. The van der Waals surface area contributed by atoms with Crippen molar-refractivity contribution < 1.29 is 22.9 Å². The highest BCUT2D eigenvalue weighted by Gasteiger charge is 2.15. The summed E-state index contributed by atoms with van der Waals surface area (Å²) in [6.07, 6.45) is 3.05. The van der Waals surface area contributed by atoms with Crippen molar-refractivity contribution in [2.45, 2.75) is 11.8 Å². The minimum absolute atomic E-state index is 0.0112. The number of rotatable bonds is 5. The summed E-state index contributed by atoms with van der Waals surface area (Å²) < 4.78 is 29.4. The van der Waals surface area contributed by atoms with Crippen molar-refractivity contribution in [2.75, 3.05) is 5.75 Å². The summed E-state index contributed by atoms with van der Waals surface area (Å²) in [5, 5.41) is 20.3. The van der Waals surface area contributed by atoms with Gasteiger partial charge in [-0.15, -0.1) is 0 Å². The summed E-state index contributed by atoms with van der Waals surface area (Å²) in [7, 11) is -3.34. The third-order valence-electron chi connectivity index (χ3n) is 3.73. The van der Waals surface area contributed by atoms with Gasteiger partial charge in [0.25, 0.3) is 0 Å². The Morgan fingerprint density at radius 3 is 2.69 bits per heavy atom. The number of nitro benzene ring substituents is 1. The number of sulfone groups is 1. The molecule has 0 radical (unpaired) electrons. The summed E-state index contributed by atoms with van der Waals surface area (Å²) in [5.74, 6) is -0.205. The van der Waals surface area contributed by atoms with Gasteiger partial charge in [0.05, 0.1) is 15.6 Å². The van der Waals surface area contributed by atoms with Crippen LogP contribution < -0.4 is 0 Å². The first-order valence-electron chi connectivity index (χ1n) is 7.59. The lowest BCUT2D eigenvalue weighted by Crippen LogP contribution is -2.03. The molecule has 3 rings (SSSR count). The molecule has 2 aromatic carbocycles. The van der Waals surface area contributed by atoms with Gasteiger partial charge in [0.15, 0.2) is 21.2 Å². The molecule has 0 saturated carbocycles. The molecular weight excluding hydrogens is 360 g/mol. The molecule has 26 heavy (non-hydrogen) atoms. The van der Waals surface area contributed by atoms with Gasteiger partial charge < -0.3 is 9.52 Å². The van der Waals surface area contributed by atoms with Crippen molar-refractivity contribution in [3.63, 3.8) is 0 Å². The van der Waals surface area contributed by atoms with E-state index >= 15 is 0 Å². The quantitative estimate of drug-likeness (QED) is 0.536. The molecule has 1 N–H and O–H groups in total. The van der Waals surface area contributed by atoms with E-state index in [0.29, 0.717) is 16.7 Å². The molecule has 0 saturated heterocycles. The van der Waals surface area contributed by atoms with Gasteiger partial charge in [-0.05, 0) is 35.9 Å². The number of oxazole rings is 1. The zero-order valence-corrected chi connectivity index (χ0v) is 14.4. The van der Waals surface area contributed by atoms with Gasteiger partial charge in [0, 0.05) is 12.1 Å². The number of aromatic nitrogens is 1. The van der Waals surface area contributed by atoms with Crippen molar-refractivity contribution in [1.29, 1.82) is 0 Å². The second kappa shape index (κ2) is 6.60. The molecule has 0 aliphatic heterocycles. The molecule has 0 unspecified atom stereocenters. The molecule has 0 aliphatic carbocycles. The van der Waals surface area contributed by atoms with E-state index in [4.69, 9.17) is 4.42 Å². The zero-order chi connectivity index (χ0) is 18.9. The van der Waals surface area contributed by atoms with Crippen LogP contribution in [0.3, 0.4) is 0 Å². The molecule has 0 atom stereocenters. The SMILES string of the molecule is CCS(=O)(=O)c1ccc2oc(/C=C/c3ccc(O)c([N+](=O)[O-])c3)nc2c1. The molecular formula is C17H14N2O6S. The Balaban J connectivity index is 1.93. The number of benzene rings is 2. The predicted molar refractivity (Wildman–Crippen MR) is 95.4 cm³/mol. The van der Waals surface area contributed by atoms with Crippen molar-refractivity contribution in [3.8, 4) is 5.75 Å². The third-order valence-corrected chi connectivity index (χ3v) is 5.46. The zero-order valence-electron chi connectivity index (χ0n) is 13.6. The van der Waals surface area contributed by atoms with Crippen LogP contribution in [0, 0.1) is 10.1 Å². The van der Waals surface area contributed by atoms with Crippen LogP contribution in [0.2, 0.25) is 0 Å². The minimum atomic E-state index is -3.34. The van der Waals surface area contributed by atoms with Crippen molar-refractivity contribution in [3.05, 3.63) is 58.0 Å². The molecule has 0 amide bonds. The first-order chi connectivity index (χ1) is 12.3. The van der Waals surface area contributed by atoms with Crippen molar-refractivity contribution >= 4 is 38.8 Å². The van der Waals surface area contributed by atoms with Crippen molar-refractivity contribution in [2.24, 2.45) is 0 Å². The monoisotopic (exact) mass is 374 g/mol. The Kier molecular flexibility index (Phi) is 4.47. The maximum absolute atomic E-state index is 11.9. The molecule has 3 aromatic rings. The number of fused-ring (bicyclic) bond motifs is 1. The van der Waals surface area contributed by atoms with Crippen LogP contribution in [0.4, 0.5) is 5.69 Å². The molecule has 1 heterocycles. The third kappa shape index (κ3) is 3.42. The number of phenols is 1. The maximum atomic E-state index is 11.9. The van der Waals surface area contributed by atoms with E-state index < -0.39 is 26.2 Å². The lowest BCUT2D eigenvalue weighted by Gasteiger charge is -1.99. The summed E-state index contributed by atoms with van der Waals surface area (Å²) >= 11 is 0. The second-order valence-electron chi connectivity index (χ2n) is 5.42. The highest BCUT2D eigenvalue weighted by atomic mass is 32.2. The van der Waals surface area contributed by atoms with Crippen LogP contribution in [-0.4, -0.2) is 29.2 Å². The Labute approximate surface area is 148 Å². The normalized spacial score (nSPS) is 12.0. The highest BCUT2D eigenvalue weighted by Crippen LogP contribution is 2.27. The molecule has 0 fully saturated rings. The molecule has 1 aromatic heterocycles. The van der Waals surface area contributed by atoms with Gasteiger partial charge in [0.2, 0.25) is 5.89 Å². The lowest BCUT2D eigenvalue weighted by atomic mass is 10.2. The van der Waals surface area contributed by atoms with Gasteiger partial charge in [-0.2, -0.15) is 0 Å². The molecule has 0 aliphatic rings. The predicted octanol–water partition coefficient (Wildman–Crippen LogP) is 3.41. The average Bonchev–Trinajstić information content (AvgIpc) is 3.02. The van der Waals surface area contributed by atoms with E-state index in [9.17, 15) is 23.6 Å².